The zero-order valence-electron chi connectivity index (χ0n) is 15.9. The zero-order valence-corrected chi connectivity index (χ0v) is 16.7. The molecule has 146 valence electrons. The van der Waals surface area contributed by atoms with Crippen LogP contribution in [0.2, 0.25) is 5.02 Å². The first-order chi connectivity index (χ1) is 13.6. The number of nitrogens with one attached hydrogen (secondary N) is 2. The molecule has 0 aliphatic carbocycles. The van der Waals surface area contributed by atoms with Gasteiger partial charge in [0.25, 0.3) is 5.91 Å². The molecule has 5 nitrogen and oxygen atoms in total. The number of hydrogen-bond donors (Lipinski definition) is 2. The number of hydrogen-bond acceptors (Lipinski definition) is 3. The van der Waals surface area contributed by atoms with Crippen LogP contribution in [-0.2, 0) is 17.7 Å². The first kappa shape index (κ1) is 19.0. The lowest BCUT2D eigenvalue weighted by Gasteiger charge is -2.42. The molecule has 0 aromatic heterocycles. The Labute approximate surface area is 170 Å². The Morgan fingerprint density at radius 1 is 1.25 bits per heavy atom. The van der Waals surface area contributed by atoms with Gasteiger partial charge in [0.1, 0.15) is 5.84 Å². The predicted octanol–water partition coefficient (Wildman–Crippen LogP) is 4.06. The van der Waals surface area contributed by atoms with E-state index in [1.807, 2.05) is 36.4 Å². The molecule has 2 aromatic carbocycles. The molecule has 0 unspecified atom stereocenters. The molecule has 2 heterocycles. The Morgan fingerprint density at radius 2 is 2.04 bits per heavy atom. The quantitative estimate of drug-likeness (QED) is 0.820. The summed E-state index contributed by atoms with van der Waals surface area (Å²) in [7, 11) is 1.65. The normalized spacial score (nSPS) is 19.1. The summed E-state index contributed by atoms with van der Waals surface area (Å²) < 4.78 is 5.63. The molecule has 2 aliphatic rings. The summed E-state index contributed by atoms with van der Waals surface area (Å²) >= 11 is 6.12. The Kier molecular flexibility index (Phi) is 5.38. The minimum atomic E-state index is -0.0959. The minimum absolute atomic E-state index is 0.0782. The van der Waals surface area contributed by atoms with Gasteiger partial charge >= 0.3 is 0 Å². The van der Waals surface area contributed by atoms with Crippen molar-refractivity contribution in [3.05, 3.63) is 64.2 Å². The number of amidine groups is 1. The van der Waals surface area contributed by atoms with Gasteiger partial charge in [-0.2, -0.15) is 0 Å². The Hall–Kier alpha value is -2.37. The maximum absolute atomic E-state index is 12.4. The lowest BCUT2D eigenvalue weighted by atomic mass is 9.71. The molecule has 4 rings (SSSR count). The van der Waals surface area contributed by atoms with Crippen LogP contribution in [0.3, 0.4) is 0 Å². The summed E-state index contributed by atoms with van der Waals surface area (Å²) in [5.74, 6) is 0.848. The molecule has 0 atom stereocenters. The minimum Gasteiger partial charge on any atom is -0.381 e. The second-order valence-corrected chi connectivity index (χ2v) is 7.84. The van der Waals surface area contributed by atoms with Gasteiger partial charge in [-0.05, 0) is 48.6 Å². The van der Waals surface area contributed by atoms with Gasteiger partial charge in [0, 0.05) is 30.7 Å². The van der Waals surface area contributed by atoms with Crippen molar-refractivity contribution in [2.75, 3.05) is 25.6 Å². The fourth-order valence-electron chi connectivity index (χ4n) is 4.11. The Bertz CT molecular complexity index is 920. The van der Waals surface area contributed by atoms with Crippen LogP contribution < -0.4 is 10.6 Å². The molecular formula is C22H24ClN3O2. The van der Waals surface area contributed by atoms with Gasteiger partial charge < -0.3 is 15.4 Å². The third-order valence-electron chi connectivity index (χ3n) is 5.66. The number of amides is 1. The Balaban J connectivity index is 1.73. The molecule has 28 heavy (non-hydrogen) atoms. The number of anilines is 1. The van der Waals surface area contributed by atoms with E-state index < -0.39 is 0 Å². The summed E-state index contributed by atoms with van der Waals surface area (Å²) in [6.07, 6.45) is 2.69. The lowest BCUT2D eigenvalue weighted by Crippen LogP contribution is -2.46. The smallest absolute Gasteiger partial charge is 0.253 e. The first-order valence-electron chi connectivity index (χ1n) is 9.59. The highest BCUT2D eigenvalue weighted by molar-refractivity contribution is 6.30. The van der Waals surface area contributed by atoms with Crippen LogP contribution in [0.4, 0.5) is 5.69 Å². The van der Waals surface area contributed by atoms with Crippen molar-refractivity contribution in [3.8, 4) is 0 Å². The number of rotatable bonds is 3. The van der Waals surface area contributed by atoms with E-state index in [9.17, 15) is 4.79 Å². The average Bonchev–Trinajstić information content (AvgIpc) is 2.72. The van der Waals surface area contributed by atoms with Crippen molar-refractivity contribution in [2.24, 2.45) is 10.4 Å². The molecule has 0 bridgehead atoms. The van der Waals surface area contributed by atoms with E-state index in [-0.39, 0.29) is 11.3 Å². The highest BCUT2D eigenvalue weighted by Gasteiger charge is 2.42. The van der Waals surface area contributed by atoms with E-state index in [0.29, 0.717) is 17.1 Å². The summed E-state index contributed by atoms with van der Waals surface area (Å²) in [4.78, 5) is 17.3. The maximum Gasteiger partial charge on any atom is 0.253 e. The summed E-state index contributed by atoms with van der Waals surface area (Å²) in [5.41, 5.74) is 3.66. The number of fused-ring (bicyclic) bond motifs is 1. The van der Waals surface area contributed by atoms with Gasteiger partial charge in [0.05, 0.1) is 17.8 Å². The zero-order chi connectivity index (χ0) is 19.6. The monoisotopic (exact) mass is 397 g/mol. The molecule has 0 saturated carbocycles. The van der Waals surface area contributed by atoms with Crippen molar-refractivity contribution >= 4 is 29.0 Å². The fraction of sp³-hybridized carbons (Fsp3) is 0.364. The van der Waals surface area contributed by atoms with Crippen LogP contribution in [0.5, 0.6) is 0 Å². The maximum atomic E-state index is 12.4. The van der Waals surface area contributed by atoms with Gasteiger partial charge in [-0.1, -0.05) is 35.9 Å². The number of aliphatic imine (C=N–C) groups is 1. The van der Waals surface area contributed by atoms with Crippen LogP contribution in [-0.4, -0.2) is 32.0 Å². The van der Waals surface area contributed by atoms with Gasteiger partial charge in [-0.3, -0.25) is 9.79 Å². The standard InChI is InChI=1S/C22H24ClN3O2/c1-24-20(27)18-7-3-5-16-13-22(8-10-28-11-9-22)21(26-19(16)18)25-14-15-4-2-6-17(23)12-15/h2-7,12H,8-11,13-14H2,1H3,(H,24,27)(H,25,26). The van der Waals surface area contributed by atoms with Gasteiger partial charge in [0.15, 0.2) is 0 Å². The third kappa shape index (κ3) is 3.64. The van der Waals surface area contributed by atoms with Gasteiger partial charge in [0.2, 0.25) is 0 Å². The van der Waals surface area contributed by atoms with Crippen LogP contribution in [0, 0.1) is 5.41 Å². The number of halogens is 1. The van der Waals surface area contributed by atoms with Crippen LogP contribution in [0.1, 0.15) is 34.3 Å². The van der Waals surface area contributed by atoms with E-state index in [1.54, 1.807) is 7.05 Å². The molecule has 2 N–H and O–H groups in total. The predicted molar refractivity (Wildman–Crippen MR) is 112 cm³/mol. The van der Waals surface area contributed by atoms with Gasteiger partial charge in [-0.25, -0.2) is 0 Å². The van der Waals surface area contributed by atoms with Crippen molar-refractivity contribution in [1.82, 2.24) is 5.32 Å². The largest absolute Gasteiger partial charge is 0.381 e. The molecule has 2 aliphatic heterocycles. The number of ether oxygens (including phenoxy) is 1. The van der Waals surface area contributed by atoms with Crippen LogP contribution >= 0.6 is 11.6 Å². The van der Waals surface area contributed by atoms with Crippen LogP contribution in [0.15, 0.2) is 47.5 Å². The molecule has 1 spiro atoms. The van der Waals surface area contributed by atoms with E-state index in [1.165, 1.54) is 0 Å². The summed E-state index contributed by atoms with van der Waals surface area (Å²) in [6, 6.07) is 13.7. The third-order valence-corrected chi connectivity index (χ3v) is 5.89. The van der Waals surface area contributed by atoms with E-state index in [2.05, 4.69) is 16.7 Å². The van der Waals surface area contributed by atoms with Crippen molar-refractivity contribution < 1.29 is 9.53 Å². The summed E-state index contributed by atoms with van der Waals surface area (Å²) in [6.45, 7) is 1.99. The van der Waals surface area contributed by atoms with Gasteiger partial charge in [-0.15, -0.1) is 0 Å². The number of carbonyl (C=O) groups is 1. The molecular weight excluding hydrogens is 374 g/mol. The SMILES string of the molecule is CNC(=O)c1cccc2c1NC(=NCc1cccc(Cl)c1)C1(CCOCC1)C2. The topological polar surface area (TPSA) is 62.7 Å². The number of nitrogens with zero attached hydrogens (tertiary/aromatic N) is 1. The average molecular weight is 398 g/mol. The van der Waals surface area contributed by atoms with Crippen molar-refractivity contribution in [3.63, 3.8) is 0 Å². The van der Waals surface area contributed by atoms with E-state index in [0.717, 1.165) is 55.1 Å². The van der Waals surface area contributed by atoms with Crippen molar-refractivity contribution in [1.29, 1.82) is 0 Å². The molecule has 6 heteroatoms. The van der Waals surface area contributed by atoms with Crippen molar-refractivity contribution in [2.45, 2.75) is 25.8 Å². The summed E-state index contributed by atoms with van der Waals surface area (Å²) in [5, 5.41) is 6.97. The molecule has 0 radical (unpaired) electrons. The van der Waals surface area contributed by atoms with E-state index in [4.69, 9.17) is 21.3 Å². The fourth-order valence-corrected chi connectivity index (χ4v) is 4.32. The second kappa shape index (κ2) is 7.94. The molecule has 1 amide bonds. The second-order valence-electron chi connectivity index (χ2n) is 7.41. The molecule has 2 aromatic rings. The highest BCUT2D eigenvalue weighted by atomic mass is 35.5. The lowest BCUT2D eigenvalue weighted by molar-refractivity contribution is 0.0448. The molecule has 1 saturated heterocycles. The highest BCUT2D eigenvalue weighted by Crippen LogP contribution is 2.43. The number of para-hydroxylation sites is 1. The Morgan fingerprint density at radius 3 is 2.79 bits per heavy atom. The molecule has 1 fully saturated rings. The number of carbonyl (C=O) groups excluding carboxylic acids is 1. The van der Waals surface area contributed by atoms with Crippen LogP contribution in [0.25, 0.3) is 0 Å². The number of benzene rings is 2. The van der Waals surface area contributed by atoms with E-state index >= 15 is 0 Å². The first-order valence-corrected chi connectivity index (χ1v) is 9.97.